The third-order valence-electron chi connectivity index (χ3n) is 3.40. The van der Waals surface area contributed by atoms with Crippen LogP contribution >= 0.6 is 15.9 Å². The number of dihydropyridines is 1. The van der Waals surface area contributed by atoms with Crippen LogP contribution in [0.3, 0.4) is 0 Å². The zero-order valence-electron chi connectivity index (χ0n) is 11.1. The van der Waals surface area contributed by atoms with Crippen molar-refractivity contribution in [3.05, 3.63) is 82.0 Å². The molecule has 0 saturated heterocycles. The molecule has 20 heavy (non-hydrogen) atoms. The van der Waals surface area contributed by atoms with Crippen LogP contribution in [-0.2, 0) is 0 Å². The van der Waals surface area contributed by atoms with Crippen molar-refractivity contribution in [3.8, 4) is 0 Å². The summed E-state index contributed by atoms with van der Waals surface area (Å²) in [4.78, 5) is 0. The summed E-state index contributed by atoms with van der Waals surface area (Å²) in [5.41, 5.74) is 2.44. The molecule has 1 heterocycles. The molecule has 1 nitrogen and oxygen atoms in total. The lowest BCUT2D eigenvalue weighted by Gasteiger charge is -2.18. The van der Waals surface area contributed by atoms with Gasteiger partial charge in [-0.1, -0.05) is 74.9 Å². The molecule has 0 atom stereocenters. The smallest absolute Gasteiger partial charge is 0.0847 e. The molecule has 3 rings (SSSR count). The van der Waals surface area contributed by atoms with Crippen LogP contribution in [0.5, 0.6) is 0 Å². The molecule has 2 aromatic carbocycles. The summed E-state index contributed by atoms with van der Waals surface area (Å²) in [6.45, 7) is 0.972. The summed E-state index contributed by atoms with van der Waals surface area (Å²) in [6.07, 6.45) is 4.50. The highest BCUT2D eigenvalue weighted by molar-refractivity contribution is 9.10. The molecule has 0 fully saturated rings. The predicted molar refractivity (Wildman–Crippen MR) is 92.8 cm³/mol. The summed E-state index contributed by atoms with van der Waals surface area (Å²) < 4.78 is 1.12. The third kappa shape index (κ3) is 3.29. The zero-order valence-corrected chi connectivity index (χ0v) is 14.1. The molecule has 1 N–H and O–H groups in total. The Kier molecular flexibility index (Phi) is 4.18. The van der Waals surface area contributed by atoms with Crippen LogP contribution in [0, 0.1) is 0 Å². The second-order valence-corrected chi connectivity index (χ2v) is 7.93. The zero-order chi connectivity index (χ0) is 13.8. The Hall–Kier alpha value is -1.58. The van der Waals surface area contributed by atoms with Crippen LogP contribution in [0.1, 0.15) is 5.56 Å². The minimum Gasteiger partial charge on any atom is -0.381 e. The van der Waals surface area contributed by atoms with Gasteiger partial charge in [0.05, 0.1) is 9.52 Å². The molecule has 2 aromatic rings. The average Bonchev–Trinajstić information content (AvgIpc) is 2.49. The number of rotatable bonds is 3. The molecular weight excluding hydrogens is 326 g/mol. The summed E-state index contributed by atoms with van der Waals surface area (Å²) >= 11 is 3.52. The lowest BCUT2D eigenvalue weighted by molar-refractivity contribution is 0.979. The van der Waals surface area contributed by atoms with Gasteiger partial charge in [-0.3, -0.25) is 0 Å². The Bertz CT molecular complexity index is 662. The van der Waals surface area contributed by atoms with Crippen molar-refractivity contribution in [1.82, 2.24) is 5.32 Å². The highest BCUT2D eigenvalue weighted by Crippen LogP contribution is 2.19. The molecule has 100 valence electrons. The largest absolute Gasteiger partial charge is 0.381 e. The standard InChI is InChI=1S/C17H16BrNSi/c18-14-6-4-5-13(11-14)17-10-9-16(12-19-17)20-15-7-2-1-3-8-15/h1-11,19H,12,20H2. The van der Waals surface area contributed by atoms with Gasteiger partial charge in [-0.05, 0) is 23.8 Å². The molecule has 0 aromatic heterocycles. The normalized spacial score (nSPS) is 14.8. The van der Waals surface area contributed by atoms with Crippen LogP contribution in [0.4, 0.5) is 0 Å². The number of hydrogen-bond acceptors (Lipinski definition) is 1. The molecule has 0 radical (unpaired) electrons. The first-order valence-corrected chi connectivity index (χ1v) is 8.95. The Balaban J connectivity index is 1.76. The fourth-order valence-electron chi connectivity index (χ4n) is 2.36. The van der Waals surface area contributed by atoms with E-state index in [-0.39, 0.29) is 9.52 Å². The molecule has 1 aliphatic heterocycles. The van der Waals surface area contributed by atoms with E-state index in [1.165, 1.54) is 16.4 Å². The minimum absolute atomic E-state index is 0.323. The molecule has 3 heteroatoms. The van der Waals surface area contributed by atoms with Gasteiger partial charge >= 0.3 is 0 Å². The van der Waals surface area contributed by atoms with Crippen LogP contribution in [0.15, 0.2) is 76.4 Å². The van der Waals surface area contributed by atoms with E-state index in [1.54, 1.807) is 5.20 Å². The van der Waals surface area contributed by atoms with Gasteiger partial charge in [0, 0.05) is 16.7 Å². The van der Waals surface area contributed by atoms with E-state index in [4.69, 9.17) is 0 Å². The third-order valence-corrected chi connectivity index (χ3v) is 5.71. The van der Waals surface area contributed by atoms with Crippen molar-refractivity contribution in [2.24, 2.45) is 0 Å². The van der Waals surface area contributed by atoms with Crippen LogP contribution < -0.4 is 10.5 Å². The van der Waals surface area contributed by atoms with Gasteiger partial charge in [0.15, 0.2) is 0 Å². The van der Waals surface area contributed by atoms with Gasteiger partial charge in [0.25, 0.3) is 0 Å². The first-order chi connectivity index (χ1) is 9.81. The molecule has 0 bridgehead atoms. The van der Waals surface area contributed by atoms with E-state index in [0.29, 0.717) is 0 Å². The fraction of sp³-hybridized carbons (Fsp3) is 0.0588. The van der Waals surface area contributed by atoms with E-state index in [1.807, 2.05) is 0 Å². The first kappa shape index (κ1) is 13.4. The SMILES string of the molecule is Brc1cccc(C2=CC=C([SiH2]c3ccccc3)CN2)c1. The quantitative estimate of drug-likeness (QED) is 0.846. The van der Waals surface area contributed by atoms with Gasteiger partial charge in [0.1, 0.15) is 0 Å². The van der Waals surface area contributed by atoms with E-state index >= 15 is 0 Å². The van der Waals surface area contributed by atoms with Gasteiger partial charge in [-0.15, -0.1) is 0 Å². The second kappa shape index (κ2) is 6.24. The highest BCUT2D eigenvalue weighted by Gasteiger charge is 2.08. The Morgan fingerprint density at radius 2 is 1.80 bits per heavy atom. The van der Waals surface area contributed by atoms with E-state index in [9.17, 15) is 0 Å². The second-order valence-electron chi connectivity index (χ2n) is 4.93. The van der Waals surface area contributed by atoms with Crippen molar-refractivity contribution < 1.29 is 0 Å². The van der Waals surface area contributed by atoms with Crippen LogP contribution in [-0.4, -0.2) is 16.1 Å². The summed E-state index contributed by atoms with van der Waals surface area (Å²) in [7, 11) is -0.323. The lowest BCUT2D eigenvalue weighted by atomic mass is 10.1. The van der Waals surface area contributed by atoms with Gasteiger partial charge in [-0.2, -0.15) is 0 Å². The minimum atomic E-state index is -0.323. The monoisotopic (exact) mass is 341 g/mol. The van der Waals surface area contributed by atoms with Gasteiger partial charge < -0.3 is 5.32 Å². The van der Waals surface area contributed by atoms with E-state index < -0.39 is 0 Å². The van der Waals surface area contributed by atoms with Crippen LogP contribution in [0.25, 0.3) is 5.70 Å². The maximum atomic E-state index is 3.54. The number of benzene rings is 2. The average molecular weight is 342 g/mol. The predicted octanol–water partition coefficient (Wildman–Crippen LogP) is 2.77. The van der Waals surface area contributed by atoms with Gasteiger partial charge in [-0.25, -0.2) is 0 Å². The summed E-state index contributed by atoms with van der Waals surface area (Å²) in [5.74, 6) is 0. The van der Waals surface area contributed by atoms with E-state index in [2.05, 4.69) is 88.0 Å². The fourth-order valence-corrected chi connectivity index (χ4v) is 4.28. The Morgan fingerprint density at radius 3 is 2.50 bits per heavy atom. The molecule has 0 aliphatic carbocycles. The summed E-state index contributed by atoms with van der Waals surface area (Å²) in [5, 5.41) is 6.59. The van der Waals surface area contributed by atoms with Gasteiger partial charge in [0.2, 0.25) is 0 Å². The Labute approximate surface area is 130 Å². The van der Waals surface area contributed by atoms with E-state index in [0.717, 1.165) is 11.0 Å². The molecule has 0 amide bonds. The molecular formula is C17H16BrNSi. The maximum absolute atomic E-state index is 3.54. The molecule has 0 saturated carbocycles. The van der Waals surface area contributed by atoms with Crippen molar-refractivity contribution in [2.45, 2.75) is 0 Å². The number of allylic oxidation sites excluding steroid dienone is 2. The molecule has 1 aliphatic rings. The van der Waals surface area contributed by atoms with Crippen molar-refractivity contribution >= 4 is 36.3 Å². The van der Waals surface area contributed by atoms with Crippen LogP contribution in [0.2, 0.25) is 0 Å². The highest BCUT2D eigenvalue weighted by atomic mass is 79.9. The number of halogens is 1. The first-order valence-electron chi connectivity index (χ1n) is 6.75. The lowest BCUT2D eigenvalue weighted by Crippen LogP contribution is -2.26. The molecule has 0 spiro atoms. The van der Waals surface area contributed by atoms with Crippen molar-refractivity contribution in [2.75, 3.05) is 6.54 Å². The Morgan fingerprint density at radius 1 is 0.950 bits per heavy atom. The molecule has 0 unspecified atom stereocenters. The number of nitrogens with one attached hydrogen (secondary N) is 1. The maximum Gasteiger partial charge on any atom is 0.0847 e. The van der Waals surface area contributed by atoms with Crippen molar-refractivity contribution in [1.29, 1.82) is 0 Å². The van der Waals surface area contributed by atoms with Crippen molar-refractivity contribution in [3.63, 3.8) is 0 Å². The topological polar surface area (TPSA) is 12.0 Å². The number of hydrogen-bond donors (Lipinski definition) is 1. The summed E-state index contributed by atoms with van der Waals surface area (Å²) in [6, 6.07) is 19.2.